The number of anilines is 1. The maximum absolute atomic E-state index is 12.6. The molecule has 0 saturated carbocycles. The number of aryl methyl sites for hydroxylation is 2. The van der Waals surface area contributed by atoms with Gasteiger partial charge in [-0.1, -0.05) is 36.4 Å². The van der Waals surface area contributed by atoms with Gasteiger partial charge < -0.3 is 5.32 Å². The normalized spacial score (nSPS) is 10.4. The van der Waals surface area contributed by atoms with Crippen molar-refractivity contribution >= 4 is 17.5 Å². The van der Waals surface area contributed by atoms with Gasteiger partial charge in [0.2, 0.25) is 5.78 Å². The fourth-order valence-corrected chi connectivity index (χ4v) is 2.39. The molecular weight excluding hydrogens is 304 g/mol. The number of hydrogen-bond acceptors (Lipinski definition) is 4. The van der Waals surface area contributed by atoms with Crippen LogP contribution in [0.4, 0.5) is 5.82 Å². The van der Waals surface area contributed by atoms with Crippen LogP contribution in [-0.2, 0) is 0 Å². The van der Waals surface area contributed by atoms with Crippen molar-refractivity contribution in [3.05, 3.63) is 76.7 Å². The standard InChI is InChI=1S/C18H16N4O2/c1-11-7-6-10-14(19-11)20-18(24)15-12(2)21-22-16(15)17(23)13-8-4-3-5-9-13/h3-10H,1-2H3,(H,21,22)(H,19,20,24). The number of benzene rings is 1. The maximum Gasteiger partial charge on any atom is 0.261 e. The van der Waals surface area contributed by atoms with E-state index in [0.29, 0.717) is 17.1 Å². The molecule has 6 heteroatoms. The molecule has 3 aromatic rings. The summed E-state index contributed by atoms with van der Waals surface area (Å²) in [6.07, 6.45) is 0. The number of aromatic amines is 1. The lowest BCUT2D eigenvalue weighted by Gasteiger charge is -2.06. The second-order valence-corrected chi connectivity index (χ2v) is 5.39. The Labute approximate surface area is 138 Å². The highest BCUT2D eigenvalue weighted by Crippen LogP contribution is 2.17. The SMILES string of the molecule is Cc1cccc(NC(=O)c2c(C(=O)c3ccccc3)n[nH]c2C)n1. The first kappa shape index (κ1) is 15.6. The van der Waals surface area contributed by atoms with Gasteiger partial charge in [0.1, 0.15) is 11.5 Å². The van der Waals surface area contributed by atoms with E-state index in [4.69, 9.17) is 0 Å². The summed E-state index contributed by atoms with van der Waals surface area (Å²) in [7, 11) is 0. The Morgan fingerprint density at radius 3 is 2.46 bits per heavy atom. The third-order valence-electron chi connectivity index (χ3n) is 3.56. The van der Waals surface area contributed by atoms with E-state index in [1.807, 2.05) is 19.1 Å². The molecule has 0 aliphatic carbocycles. The van der Waals surface area contributed by atoms with Gasteiger partial charge in [-0.15, -0.1) is 0 Å². The van der Waals surface area contributed by atoms with Crippen molar-refractivity contribution in [1.82, 2.24) is 15.2 Å². The topological polar surface area (TPSA) is 87.7 Å². The van der Waals surface area contributed by atoms with Gasteiger partial charge in [0.15, 0.2) is 0 Å². The van der Waals surface area contributed by atoms with Crippen molar-refractivity contribution in [2.75, 3.05) is 5.32 Å². The van der Waals surface area contributed by atoms with Crippen LogP contribution in [0.3, 0.4) is 0 Å². The quantitative estimate of drug-likeness (QED) is 0.724. The van der Waals surface area contributed by atoms with E-state index in [9.17, 15) is 9.59 Å². The average molecular weight is 320 g/mol. The monoisotopic (exact) mass is 320 g/mol. The van der Waals surface area contributed by atoms with Crippen molar-refractivity contribution in [2.24, 2.45) is 0 Å². The lowest BCUT2D eigenvalue weighted by molar-refractivity contribution is 0.0994. The number of nitrogens with one attached hydrogen (secondary N) is 2. The van der Waals surface area contributed by atoms with Gasteiger partial charge in [0.05, 0.1) is 5.56 Å². The van der Waals surface area contributed by atoms with Crippen molar-refractivity contribution in [1.29, 1.82) is 0 Å². The number of hydrogen-bond donors (Lipinski definition) is 2. The van der Waals surface area contributed by atoms with Crippen LogP contribution in [0.1, 0.15) is 37.8 Å². The minimum atomic E-state index is -0.418. The molecule has 1 amide bonds. The van der Waals surface area contributed by atoms with E-state index < -0.39 is 5.91 Å². The highest BCUT2D eigenvalue weighted by Gasteiger charge is 2.24. The first-order valence-electron chi connectivity index (χ1n) is 7.46. The van der Waals surface area contributed by atoms with Crippen LogP contribution in [0.2, 0.25) is 0 Å². The van der Waals surface area contributed by atoms with Gasteiger partial charge in [0, 0.05) is 17.0 Å². The van der Waals surface area contributed by atoms with E-state index >= 15 is 0 Å². The molecule has 0 aliphatic rings. The molecule has 2 N–H and O–H groups in total. The smallest absolute Gasteiger partial charge is 0.261 e. The van der Waals surface area contributed by atoms with Crippen molar-refractivity contribution in [3.63, 3.8) is 0 Å². The second kappa shape index (κ2) is 6.45. The number of aromatic nitrogens is 3. The number of H-pyrrole nitrogens is 1. The maximum atomic E-state index is 12.6. The molecule has 0 spiro atoms. The number of nitrogens with zero attached hydrogens (tertiary/aromatic N) is 2. The highest BCUT2D eigenvalue weighted by molar-refractivity contribution is 6.17. The van der Waals surface area contributed by atoms with E-state index in [0.717, 1.165) is 5.69 Å². The zero-order valence-electron chi connectivity index (χ0n) is 13.3. The Morgan fingerprint density at radius 1 is 1.00 bits per heavy atom. The number of carbonyl (C=O) groups excluding carboxylic acids is 2. The largest absolute Gasteiger partial charge is 0.306 e. The Morgan fingerprint density at radius 2 is 1.75 bits per heavy atom. The molecule has 0 unspecified atom stereocenters. The van der Waals surface area contributed by atoms with Crippen molar-refractivity contribution in [2.45, 2.75) is 13.8 Å². The van der Waals surface area contributed by atoms with Crippen molar-refractivity contribution in [3.8, 4) is 0 Å². The van der Waals surface area contributed by atoms with Gasteiger partial charge in [-0.2, -0.15) is 5.10 Å². The third kappa shape index (κ3) is 3.08. The predicted octanol–water partition coefficient (Wildman–Crippen LogP) is 2.90. The molecule has 2 heterocycles. The van der Waals surface area contributed by atoms with Gasteiger partial charge >= 0.3 is 0 Å². The second-order valence-electron chi connectivity index (χ2n) is 5.39. The van der Waals surface area contributed by atoms with Gasteiger partial charge in [-0.05, 0) is 26.0 Å². The molecule has 0 bridgehead atoms. The highest BCUT2D eigenvalue weighted by atomic mass is 16.2. The Balaban J connectivity index is 1.92. The van der Waals surface area contributed by atoms with E-state index in [1.165, 1.54) is 0 Å². The molecular formula is C18H16N4O2. The third-order valence-corrected chi connectivity index (χ3v) is 3.56. The average Bonchev–Trinajstić information content (AvgIpc) is 2.96. The number of rotatable bonds is 4. The summed E-state index contributed by atoms with van der Waals surface area (Å²) in [5.74, 6) is -0.292. The summed E-state index contributed by atoms with van der Waals surface area (Å²) in [6, 6.07) is 14.1. The van der Waals surface area contributed by atoms with Crippen LogP contribution < -0.4 is 5.32 Å². The fourth-order valence-electron chi connectivity index (χ4n) is 2.39. The van der Waals surface area contributed by atoms with Crippen molar-refractivity contribution < 1.29 is 9.59 Å². The summed E-state index contributed by atoms with van der Waals surface area (Å²) in [6.45, 7) is 3.54. The predicted molar refractivity (Wildman–Crippen MR) is 90.1 cm³/mol. The van der Waals surface area contributed by atoms with Gasteiger partial charge in [0.25, 0.3) is 5.91 Å². The van der Waals surface area contributed by atoms with Crippen LogP contribution in [0.25, 0.3) is 0 Å². The molecule has 0 fully saturated rings. The van der Waals surface area contributed by atoms with E-state index in [1.54, 1.807) is 43.3 Å². The Hall–Kier alpha value is -3.28. The van der Waals surface area contributed by atoms with Crippen LogP contribution in [0.5, 0.6) is 0 Å². The summed E-state index contributed by atoms with van der Waals surface area (Å²) < 4.78 is 0. The zero-order chi connectivity index (χ0) is 17.1. The number of ketones is 1. The molecule has 120 valence electrons. The molecule has 3 rings (SSSR count). The number of carbonyl (C=O) groups is 2. The lowest BCUT2D eigenvalue weighted by Crippen LogP contribution is -2.17. The van der Waals surface area contributed by atoms with Gasteiger partial charge in [-0.25, -0.2) is 4.98 Å². The molecule has 1 aromatic carbocycles. The molecule has 6 nitrogen and oxygen atoms in total. The molecule has 0 aliphatic heterocycles. The fraction of sp³-hybridized carbons (Fsp3) is 0.111. The number of amides is 1. The summed E-state index contributed by atoms with van der Waals surface area (Å²) >= 11 is 0. The van der Waals surface area contributed by atoms with E-state index in [-0.39, 0.29) is 17.0 Å². The molecule has 24 heavy (non-hydrogen) atoms. The number of pyridine rings is 1. The first-order chi connectivity index (χ1) is 11.6. The Bertz CT molecular complexity index is 900. The summed E-state index contributed by atoms with van der Waals surface area (Å²) in [5.41, 5.74) is 2.12. The van der Waals surface area contributed by atoms with Crippen LogP contribution >= 0.6 is 0 Å². The molecule has 0 radical (unpaired) electrons. The van der Waals surface area contributed by atoms with E-state index in [2.05, 4.69) is 20.5 Å². The first-order valence-corrected chi connectivity index (χ1v) is 7.46. The van der Waals surface area contributed by atoms with Crippen LogP contribution in [0, 0.1) is 13.8 Å². The minimum absolute atomic E-state index is 0.101. The van der Waals surface area contributed by atoms with Crippen LogP contribution in [-0.4, -0.2) is 26.9 Å². The molecule has 0 saturated heterocycles. The van der Waals surface area contributed by atoms with Crippen LogP contribution in [0.15, 0.2) is 48.5 Å². The molecule has 0 atom stereocenters. The lowest BCUT2D eigenvalue weighted by atomic mass is 10.0. The summed E-state index contributed by atoms with van der Waals surface area (Å²) in [5, 5.41) is 9.44. The Kier molecular flexibility index (Phi) is 4.20. The minimum Gasteiger partial charge on any atom is -0.306 e. The zero-order valence-corrected chi connectivity index (χ0v) is 13.3. The molecule has 2 aromatic heterocycles. The van der Waals surface area contributed by atoms with Gasteiger partial charge in [-0.3, -0.25) is 14.7 Å². The summed E-state index contributed by atoms with van der Waals surface area (Å²) in [4.78, 5) is 29.5.